The van der Waals surface area contributed by atoms with Gasteiger partial charge < -0.3 is 13.8 Å². The SMILES string of the molecule is CC(C)c1noc(C(C)N2CCN(C(=O)c3ccco3)CC2)n1. The largest absolute Gasteiger partial charge is 0.459 e. The van der Waals surface area contributed by atoms with E-state index in [4.69, 9.17) is 8.94 Å². The van der Waals surface area contributed by atoms with E-state index in [1.54, 1.807) is 12.1 Å². The predicted molar refractivity (Wildman–Crippen MR) is 83.0 cm³/mol. The van der Waals surface area contributed by atoms with E-state index in [-0.39, 0.29) is 17.9 Å². The van der Waals surface area contributed by atoms with Crippen molar-refractivity contribution in [2.75, 3.05) is 26.2 Å². The van der Waals surface area contributed by atoms with Gasteiger partial charge in [-0.05, 0) is 19.1 Å². The van der Waals surface area contributed by atoms with E-state index in [9.17, 15) is 4.79 Å². The van der Waals surface area contributed by atoms with E-state index < -0.39 is 0 Å². The lowest BCUT2D eigenvalue weighted by Gasteiger charge is -2.36. The molecule has 0 bridgehead atoms. The van der Waals surface area contributed by atoms with Crippen LogP contribution in [0.2, 0.25) is 0 Å². The molecule has 0 saturated carbocycles. The maximum Gasteiger partial charge on any atom is 0.289 e. The van der Waals surface area contributed by atoms with Gasteiger partial charge in [0.15, 0.2) is 11.6 Å². The van der Waals surface area contributed by atoms with Crippen LogP contribution < -0.4 is 0 Å². The van der Waals surface area contributed by atoms with Crippen LogP contribution in [0.15, 0.2) is 27.3 Å². The van der Waals surface area contributed by atoms with Gasteiger partial charge in [0.25, 0.3) is 5.91 Å². The number of carbonyl (C=O) groups is 1. The van der Waals surface area contributed by atoms with Crippen LogP contribution in [0, 0.1) is 0 Å². The molecule has 0 aliphatic carbocycles. The van der Waals surface area contributed by atoms with E-state index in [0.717, 1.165) is 18.9 Å². The lowest BCUT2D eigenvalue weighted by atomic mass is 10.2. The Balaban J connectivity index is 1.58. The lowest BCUT2D eigenvalue weighted by Crippen LogP contribution is -2.49. The van der Waals surface area contributed by atoms with Crippen LogP contribution in [0.3, 0.4) is 0 Å². The van der Waals surface area contributed by atoms with Crippen molar-refractivity contribution < 1.29 is 13.7 Å². The Labute approximate surface area is 135 Å². The summed E-state index contributed by atoms with van der Waals surface area (Å²) in [7, 11) is 0. The molecule has 0 spiro atoms. The summed E-state index contributed by atoms with van der Waals surface area (Å²) in [6.07, 6.45) is 1.52. The minimum Gasteiger partial charge on any atom is -0.459 e. The fourth-order valence-electron chi connectivity index (χ4n) is 2.68. The molecule has 0 N–H and O–H groups in total. The Morgan fingerprint density at radius 1 is 1.22 bits per heavy atom. The van der Waals surface area contributed by atoms with Crippen LogP contribution >= 0.6 is 0 Å². The minimum atomic E-state index is -0.0535. The summed E-state index contributed by atoms with van der Waals surface area (Å²) in [6.45, 7) is 9.00. The van der Waals surface area contributed by atoms with Crippen LogP contribution in [0.25, 0.3) is 0 Å². The van der Waals surface area contributed by atoms with Crippen LogP contribution in [0.1, 0.15) is 55.0 Å². The first-order chi connectivity index (χ1) is 11.1. The quantitative estimate of drug-likeness (QED) is 0.861. The summed E-state index contributed by atoms with van der Waals surface area (Å²) in [5.74, 6) is 1.97. The number of hydrogen-bond donors (Lipinski definition) is 0. The van der Waals surface area contributed by atoms with Gasteiger partial charge in [-0.3, -0.25) is 9.69 Å². The monoisotopic (exact) mass is 318 g/mol. The second kappa shape index (κ2) is 6.54. The molecule has 3 rings (SSSR count). The number of piperazine rings is 1. The maximum atomic E-state index is 12.3. The number of nitrogens with zero attached hydrogens (tertiary/aromatic N) is 4. The van der Waals surface area contributed by atoms with E-state index >= 15 is 0 Å². The van der Waals surface area contributed by atoms with Crippen LogP contribution in [0.4, 0.5) is 0 Å². The van der Waals surface area contributed by atoms with Gasteiger partial charge in [0.2, 0.25) is 5.89 Å². The molecule has 1 atom stereocenters. The summed E-state index contributed by atoms with van der Waals surface area (Å²) in [6, 6.07) is 3.48. The van der Waals surface area contributed by atoms with Crippen molar-refractivity contribution in [1.29, 1.82) is 0 Å². The zero-order valence-electron chi connectivity index (χ0n) is 13.7. The normalized spacial score (nSPS) is 17.7. The van der Waals surface area contributed by atoms with Crippen molar-refractivity contribution in [3.05, 3.63) is 35.9 Å². The molecule has 7 heteroatoms. The average Bonchev–Trinajstić information content (AvgIpc) is 3.25. The number of amides is 1. The topological polar surface area (TPSA) is 75.6 Å². The second-order valence-corrected chi connectivity index (χ2v) is 6.13. The molecule has 1 unspecified atom stereocenters. The smallest absolute Gasteiger partial charge is 0.289 e. The Bertz CT molecular complexity index is 642. The van der Waals surface area contributed by atoms with Crippen molar-refractivity contribution in [3.8, 4) is 0 Å². The summed E-state index contributed by atoms with van der Waals surface area (Å²) in [5.41, 5.74) is 0. The van der Waals surface area contributed by atoms with E-state index in [0.29, 0.717) is 24.7 Å². The Morgan fingerprint density at radius 3 is 2.52 bits per heavy atom. The van der Waals surface area contributed by atoms with Crippen LogP contribution in [-0.4, -0.2) is 52.0 Å². The molecular weight excluding hydrogens is 296 g/mol. The van der Waals surface area contributed by atoms with Crippen molar-refractivity contribution in [1.82, 2.24) is 19.9 Å². The van der Waals surface area contributed by atoms with E-state index in [2.05, 4.69) is 22.0 Å². The highest BCUT2D eigenvalue weighted by molar-refractivity contribution is 5.91. The molecule has 23 heavy (non-hydrogen) atoms. The molecule has 2 aromatic heterocycles. The molecule has 124 valence electrons. The minimum absolute atomic E-state index is 0.0517. The zero-order valence-corrected chi connectivity index (χ0v) is 13.7. The fourth-order valence-corrected chi connectivity index (χ4v) is 2.68. The third kappa shape index (κ3) is 3.29. The van der Waals surface area contributed by atoms with Crippen molar-refractivity contribution >= 4 is 5.91 Å². The first kappa shape index (κ1) is 15.7. The standard InChI is InChI=1S/C16H22N4O3/c1-11(2)14-17-15(23-18-14)12(3)19-6-8-20(9-7-19)16(21)13-5-4-10-22-13/h4-5,10-12H,6-9H2,1-3H3. The van der Waals surface area contributed by atoms with Gasteiger partial charge in [-0.2, -0.15) is 4.98 Å². The number of rotatable bonds is 4. The highest BCUT2D eigenvalue weighted by Crippen LogP contribution is 2.22. The lowest BCUT2D eigenvalue weighted by molar-refractivity contribution is 0.0524. The highest BCUT2D eigenvalue weighted by Gasteiger charge is 2.28. The Morgan fingerprint density at radius 2 is 1.96 bits per heavy atom. The third-order valence-corrected chi connectivity index (χ3v) is 4.21. The average molecular weight is 318 g/mol. The van der Waals surface area contributed by atoms with Crippen molar-refractivity contribution in [2.45, 2.75) is 32.7 Å². The predicted octanol–water partition coefficient (Wildman–Crippen LogP) is 2.31. The molecule has 3 heterocycles. The Kier molecular flexibility index (Phi) is 4.47. The van der Waals surface area contributed by atoms with Gasteiger partial charge in [0, 0.05) is 32.1 Å². The number of furan rings is 1. The molecule has 1 aliphatic rings. The first-order valence-electron chi connectivity index (χ1n) is 7.96. The molecule has 1 aliphatic heterocycles. The molecule has 1 amide bonds. The van der Waals surface area contributed by atoms with E-state index in [1.165, 1.54) is 6.26 Å². The van der Waals surface area contributed by atoms with Crippen molar-refractivity contribution in [2.24, 2.45) is 0 Å². The zero-order chi connectivity index (χ0) is 16.4. The summed E-state index contributed by atoms with van der Waals surface area (Å²) < 4.78 is 10.6. The van der Waals surface area contributed by atoms with Gasteiger partial charge in [0.1, 0.15) is 0 Å². The molecule has 7 nitrogen and oxygen atoms in total. The summed E-state index contributed by atoms with van der Waals surface area (Å²) in [5, 5.41) is 4.02. The Hall–Kier alpha value is -2.15. The van der Waals surface area contributed by atoms with Crippen molar-refractivity contribution in [3.63, 3.8) is 0 Å². The molecule has 0 aromatic carbocycles. The highest BCUT2D eigenvalue weighted by atomic mass is 16.5. The number of hydrogen-bond acceptors (Lipinski definition) is 6. The first-order valence-corrected chi connectivity index (χ1v) is 7.96. The second-order valence-electron chi connectivity index (χ2n) is 6.13. The summed E-state index contributed by atoms with van der Waals surface area (Å²) >= 11 is 0. The van der Waals surface area contributed by atoms with Gasteiger partial charge >= 0.3 is 0 Å². The van der Waals surface area contributed by atoms with Crippen LogP contribution in [-0.2, 0) is 0 Å². The summed E-state index contributed by atoms with van der Waals surface area (Å²) in [4.78, 5) is 20.8. The van der Waals surface area contributed by atoms with Gasteiger partial charge in [-0.15, -0.1) is 0 Å². The maximum absolute atomic E-state index is 12.3. The van der Waals surface area contributed by atoms with E-state index in [1.807, 2.05) is 18.7 Å². The molecule has 1 fully saturated rings. The third-order valence-electron chi connectivity index (χ3n) is 4.21. The fraction of sp³-hybridized carbons (Fsp3) is 0.562. The van der Waals surface area contributed by atoms with Crippen LogP contribution in [0.5, 0.6) is 0 Å². The molecule has 0 radical (unpaired) electrons. The number of aromatic nitrogens is 2. The molecule has 2 aromatic rings. The van der Waals surface area contributed by atoms with Gasteiger partial charge in [-0.1, -0.05) is 19.0 Å². The molecule has 1 saturated heterocycles. The van der Waals surface area contributed by atoms with Gasteiger partial charge in [0.05, 0.1) is 12.3 Å². The number of carbonyl (C=O) groups excluding carboxylic acids is 1. The molecular formula is C16H22N4O3. The van der Waals surface area contributed by atoms with Gasteiger partial charge in [-0.25, -0.2) is 0 Å².